The Morgan fingerprint density at radius 1 is 0.769 bits per heavy atom. The molecular weight excluding hydrogens is 227 g/mol. The van der Waals surface area contributed by atoms with E-state index in [9.17, 15) is 16.8 Å². The van der Waals surface area contributed by atoms with Crippen molar-refractivity contribution in [1.29, 1.82) is 0 Å². The van der Waals surface area contributed by atoms with Crippen molar-refractivity contribution in [3.8, 4) is 0 Å². The summed E-state index contributed by atoms with van der Waals surface area (Å²) in [5.41, 5.74) is 0. The van der Waals surface area contributed by atoms with Crippen LogP contribution in [0.25, 0.3) is 0 Å². The van der Waals surface area contributed by atoms with Crippen LogP contribution >= 0.6 is 0 Å². The average molecular weight is 238 g/mol. The van der Waals surface area contributed by atoms with Gasteiger partial charge in [-0.15, -0.1) is 0 Å². The molecule has 9 heteroatoms. The first-order valence-corrected chi connectivity index (χ1v) is 6.33. The van der Waals surface area contributed by atoms with Gasteiger partial charge in [-0.1, -0.05) is 0 Å². The molecule has 0 aliphatic heterocycles. The molecule has 0 amide bonds. The number of unbranched alkanes of at least 4 members (excludes halogenated alkanes) is 1. The first-order valence-electron chi connectivity index (χ1n) is 3.11. The molecule has 6 nitrogen and oxygen atoms in total. The topological polar surface area (TPSA) is 109 Å². The van der Waals surface area contributed by atoms with E-state index in [0.29, 0.717) is 0 Å². The van der Waals surface area contributed by atoms with E-state index in [4.69, 9.17) is 9.11 Å². The molecule has 0 aromatic heterocycles. The van der Waals surface area contributed by atoms with E-state index >= 15 is 0 Å². The van der Waals surface area contributed by atoms with Crippen LogP contribution < -0.4 is 0 Å². The Labute approximate surface area is 75.8 Å². The maximum absolute atomic E-state index is 10.1. The van der Waals surface area contributed by atoms with Crippen LogP contribution in [0.3, 0.4) is 0 Å². The fourth-order valence-electron chi connectivity index (χ4n) is 0.569. The first kappa shape index (κ1) is 15.2. The summed E-state index contributed by atoms with van der Waals surface area (Å²) in [5.74, 6) is -0.967. The summed E-state index contributed by atoms with van der Waals surface area (Å²) in [4.78, 5) is 0. The molecule has 0 aliphatic rings. The Morgan fingerprint density at radius 2 is 1.00 bits per heavy atom. The van der Waals surface area contributed by atoms with Crippen LogP contribution in [0, 0.1) is 0 Å². The molecule has 0 saturated carbocycles. The summed E-state index contributed by atoms with van der Waals surface area (Å²) in [6.45, 7) is 0. The molecule has 0 aromatic rings. The highest BCUT2D eigenvalue weighted by atomic mass is 32.2. The molecule has 0 saturated heterocycles. The molecule has 0 atom stereocenters. The van der Waals surface area contributed by atoms with Gasteiger partial charge in [-0.3, -0.25) is 13.8 Å². The Hall–Kier alpha value is -0.250. The zero-order chi connectivity index (χ0) is 9.83. The van der Waals surface area contributed by atoms with E-state index in [-0.39, 0.29) is 17.5 Å². The molecule has 0 spiro atoms. The fourth-order valence-corrected chi connectivity index (χ4v) is 1.71. The van der Waals surface area contributed by atoms with Crippen LogP contribution in [0.1, 0.15) is 12.8 Å². The first-order chi connectivity index (χ1) is 5.21. The summed E-state index contributed by atoms with van der Waals surface area (Å²) in [7, 11) is -8.04. The van der Waals surface area contributed by atoms with Gasteiger partial charge in [-0.05, 0) is 12.8 Å². The lowest BCUT2D eigenvalue weighted by Gasteiger charge is -1.96. The normalized spacial score (nSPS) is 12.2. The molecule has 0 heterocycles. The predicted octanol–water partition coefficient (Wildman–Crippen LogP) is -0.305. The third-order valence-electron chi connectivity index (χ3n) is 1.05. The van der Waals surface area contributed by atoms with Crippen LogP contribution in [0.15, 0.2) is 0 Å². The average Bonchev–Trinajstić information content (AvgIpc) is 1.76. The Kier molecular flexibility index (Phi) is 6.41. The summed E-state index contributed by atoms with van der Waals surface area (Å²) in [6, 6.07) is 0. The van der Waals surface area contributed by atoms with E-state index in [1.54, 1.807) is 0 Å². The SMILES string of the molecule is F.O=S(=O)(O)CCCCS(=O)(=O)O. The molecule has 0 rings (SSSR count). The van der Waals surface area contributed by atoms with Crippen molar-refractivity contribution in [3.63, 3.8) is 0 Å². The molecule has 2 N–H and O–H groups in total. The standard InChI is InChI=1S/C4H10O6S2.FH/c5-11(6,7)3-1-2-4-12(8,9)10;/h1-4H2,(H,5,6,7)(H,8,9,10);1H. The van der Waals surface area contributed by atoms with E-state index in [1.165, 1.54) is 0 Å². The van der Waals surface area contributed by atoms with Crippen molar-refractivity contribution in [3.05, 3.63) is 0 Å². The maximum Gasteiger partial charge on any atom is 0.264 e. The van der Waals surface area contributed by atoms with E-state index in [2.05, 4.69) is 0 Å². The highest BCUT2D eigenvalue weighted by molar-refractivity contribution is 7.86. The minimum atomic E-state index is -4.02. The Morgan fingerprint density at radius 3 is 1.15 bits per heavy atom. The minimum absolute atomic E-state index is 0. The van der Waals surface area contributed by atoms with Gasteiger partial charge in [0.1, 0.15) is 0 Å². The van der Waals surface area contributed by atoms with Crippen LogP contribution in [0.2, 0.25) is 0 Å². The van der Waals surface area contributed by atoms with Gasteiger partial charge in [0.05, 0.1) is 11.5 Å². The van der Waals surface area contributed by atoms with Crippen LogP contribution in [0.5, 0.6) is 0 Å². The van der Waals surface area contributed by atoms with Crippen LogP contribution in [-0.2, 0) is 20.2 Å². The largest absolute Gasteiger partial charge is 0.286 e. The molecular formula is C4H11FO6S2. The third kappa shape index (κ3) is 14.6. The van der Waals surface area contributed by atoms with Gasteiger partial charge < -0.3 is 0 Å². The zero-order valence-electron chi connectivity index (χ0n) is 6.58. The molecule has 82 valence electrons. The highest BCUT2D eigenvalue weighted by Gasteiger charge is 2.07. The highest BCUT2D eigenvalue weighted by Crippen LogP contribution is 1.96. The second-order valence-electron chi connectivity index (χ2n) is 2.28. The predicted molar refractivity (Wildman–Crippen MR) is 44.6 cm³/mol. The Bertz CT molecular complexity index is 283. The lowest BCUT2D eigenvalue weighted by atomic mass is 10.4. The third-order valence-corrected chi connectivity index (χ3v) is 2.66. The number of halogens is 1. The molecule has 0 aromatic carbocycles. The summed E-state index contributed by atoms with van der Waals surface area (Å²) in [5, 5.41) is 0. The molecule has 0 fully saturated rings. The van der Waals surface area contributed by atoms with Crippen molar-refractivity contribution in [2.24, 2.45) is 0 Å². The second-order valence-corrected chi connectivity index (χ2v) is 5.42. The van der Waals surface area contributed by atoms with Crippen molar-refractivity contribution in [2.75, 3.05) is 11.5 Å². The molecule has 0 unspecified atom stereocenters. The van der Waals surface area contributed by atoms with Crippen LogP contribution in [0.4, 0.5) is 4.70 Å². The summed E-state index contributed by atoms with van der Waals surface area (Å²) >= 11 is 0. The number of rotatable bonds is 5. The van der Waals surface area contributed by atoms with Gasteiger partial charge in [-0.25, -0.2) is 0 Å². The van der Waals surface area contributed by atoms with E-state index in [1.807, 2.05) is 0 Å². The van der Waals surface area contributed by atoms with Crippen molar-refractivity contribution in [2.45, 2.75) is 12.8 Å². The van der Waals surface area contributed by atoms with Gasteiger partial charge in [-0.2, -0.15) is 16.8 Å². The lowest BCUT2D eigenvalue weighted by molar-refractivity contribution is 0.473. The van der Waals surface area contributed by atoms with E-state index < -0.39 is 31.7 Å². The minimum Gasteiger partial charge on any atom is -0.286 e. The number of hydrogen-bond acceptors (Lipinski definition) is 4. The van der Waals surface area contributed by atoms with Gasteiger partial charge >= 0.3 is 0 Å². The van der Waals surface area contributed by atoms with Gasteiger partial charge in [0.2, 0.25) is 0 Å². The smallest absolute Gasteiger partial charge is 0.264 e. The van der Waals surface area contributed by atoms with Gasteiger partial charge in [0.25, 0.3) is 20.2 Å². The summed E-state index contributed by atoms with van der Waals surface area (Å²) < 4.78 is 56.8. The van der Waals surface area contributed by atoms with Crippen molar-refractivity contribution < 1.29 is 30.6 Å². The number of hydrogen-bond donors (Lipinski definition) is 2. The molecule has 0 aliphatic carbocycles. The van der Waals surface area contributed by atoms with Gasteiger partial charge in [0, 0.05) is 0 Å². The molecule has 0 radical (unpaired) electrons. The zero-order valence-corrected chi connectivity index (χ0v) is 8.21. The molecule has 13 heavy (non-hydrogen) atoms. The molecule has 0 bridgehead atoms. The van der Waals surface area contributed by atoms with Crippen LogP contribution in [-0.4, -0.2) is 37.4 Å². The monoisotopic (exact) mass is 238 g/mol. The second kappa shape index (κ2) is 5.47. The summed E-state index contributed by atoms with van der Waals surface area (Å²) in [6.07, 6.45) is 0.0250. The quantitative estimate of drug-likeness (QED) is 0.502. The maximum atomic E-state index is 10.1. The van der Waals surface area contributed by atoms with E-state index in [0.717, 1.165) is 0 Å². The lowest BCUT2D eigenvalue weighted by Crippen LogP contribution is -2.08. The Balaban J connectivity index is 0. The van der Waals surface area contributed by atoms with Gasteiger partial charge in [0.15, 0.2) is 0 Å². The van der Waals surface area contributed by atoms with Crippen molar-refractivity contribution in [1.82, 2.24) is 0 Å². The fraction of sp³-hybridized carbons (Fsp3) is 1.00. The van der Waals surface area contributed by atoms with Crippen molar-refractivity contribution >= 4 is 20.2 Å².